The van der Waals surface area contributed by atoms with Gasteiger partial charge in [0.2, 0.25) is 5.91 Å². The minimum absolute atomic E-state index is 0.0956. The molecular weight excluding hydrogens is 306 g/mol. The lowest BCUT2D eigenvalue weighted by molar-refractivity contribution is -0.137. The summed E-state index contributed by atoms with van der Waals surface area (Å²) in [6.45, 7) is 1.82. The van der Waals surface area contributed by atoms with Gasteiger partial charge < -0.3 is 14.8 Å². The van der Waals surface area contributed by atoms with Crippen LogP contribution in [0.2, 0.25) is 0 Å². The van der Waals surface area contributed by atoms with E-state index in [1.807, 2.05) is 13.1 Å². The average Bonchev–Trinajstić information content (AvgIpc) is 3.03. The fourth-order valence-corrected chi connectivity index (χ4v) is 3.92. The number of rotatable bonds is 1. The Morgan fingerprint density at radius 3 is 2.71 bits per heavy atom. The van der Waals surface area contributed by atoms with Gasteiger partial charge in [-0.2, -0.15) is 0 Å². The van der Waals surface area contributed by atoms with Crippen LogP contribution in [-0.2, 0) is 4.79 Å². The largest absolute Gasteiger partial charge is 0.345 e. The van der Waals surface area contributed by atoms with Gasteiger partial charge in [-0.3, -0.25) is 14.4 Å². The first kappa shape index (κ1) is 14.9. The molecule has 124 valence electrons. The first-order chi connectivity index (χ1) is 11.6. The number of H-pyrrole nitrogens is 1. The first-order valence-corrected chi connectivity index (χ1v) is 8.21. The number of nitrogens with one attached hydrogen (secondary N) is 1. The number of hydrogen-bond donors (Lipinski definition) is 1. The maximum Gasteiger partial charge on any atom is 0.256 e. The van der Waals surface area contributed by atoms with E-state index in [1.165, 1.54) is 6.20 Å². The van der Waals surface area contributed by atoms with Crippen LogP contribution < -0.4 is 5.56 Å². The molecule has 2 fully saturated rings. The molecule has 2 aromatic rings. The second kappa shape index (κ2) is 5.47. The SMILES string of the molecule is CN1CCC2CN(C(=O)c3c[nH]c(=O)c4ccccc34)CC2C1=O. The number of pyridine rings is 1. The number of amides is 2. The Morgan fingerprint density at radius 2 is 1.92 bits per heavy atom. The van der Waals surface area contributed by atoms with Crippen molar-refractivity contribution in [3.8, 4) is 0 Å². The molecule has 24 heavy (non-hydrogen) atoms. The molecule has 2 aliphatic heterocycles. The number of hydrogen-bond acceptors (Lipinski definition) is 3. The van der Waals surface area contributed by atoms with Crippen molar-refractivity contribution in [1.29, 1.82) is 0 Å². The number of aromatic nitrogens is 1. The van der Waals surface area contributed by atoms with Crippen LogP contribution in [0.25, 0.3) is 10.8 Å². The number of fused-ring (bicyclic) bond motifs is 2. The summed E-state index contributed by atoms with van der Waals surface area (Å²) in [6.07, 6.45) is 2.42. The number of aromatic amines is 1. The van der Waals surface area contributed by atoms with Gasteiger partial charge >= 0.3 is 0 Å². The van der Waals surface area contributed by atoms with E-state index >= 15 is 0 Å². The van der Waals surface area contributed by atoms with E-state index in [-0.39, 0.29) is 29.2 Å². The summed E-state index contributed by atoms with van der Waals surface area (Å²) in [7, 11) is 1.82. The van der Waals surface area contributed by atoms with Gasteiger partial charge in [0.05, 0.1) is 11.5 Å². The molecule has 2 saturated heterocycles. The topological polar surface area (TPSA) is 73.5 Å². The maximum atomic E-state index is 13.0. The van der Waals surface area contributed by atoms with Crippen molar-refractivity contribution in [3.63, 3.8) is 0 Å². The van der Waals surface area contributed by atoms with E-state index in [2.05, 4.69) is 4.98 Å². The van der Waals surface area contributed by atoms with Crippen LogP contribution >= 0.6 is 0 Å². The van der Waals surface area contributed by atoms with Crippen molar-refractivity contribution in [3.05, 3.63) is 46.4 Å². The normalized spacial score (nSPS) is 23.6. The van der Waals surface area contributed by atoms with Gasteiger partial charge in [-0.05, 0) is 18.4 Å². The molecule has 0 bridgehead atoms. The Kier molecular flexibility index (Phi) is 3.40. The van der Waals surface area contributed by atoms with Crippen LogP contribution in [0.3, 0.4) is 0 Å². The molecule has 1 N–H and O–H groups in total. The quantitative estimate of drug-likeness (QED) is 0.852. The van der Waals surface area contributed by atoms with Crippen LogP contribution in [0, 0.1) is 11.8 Å². The summed E-state index contributed by atoms with van der Waals surface area (Å²) in [5, 5.41) is 1.17. The standard InChI is InChI=1S/C18H19N3O3/c1-20-7-6-11-9-21(10-15(11)17(20)23)18(24)14-8-19-16(22)13-5-3-2-4-12(13)14/h2-5,8,11,15H,6-7,9-10H2,1H3,(H,19,22). The Balaban J connectivity index is 1.67. The zero-order valence-electron chi connectivity index (χ0n) is 13.5. The highest BCUT2D eigenvalue weighted by Gasteiger charge is 2.43. The number of nitrogens with zero attached hydrogens (tertiary/aromatic N) is 2. The molecule has 6 nitrogen and oxygen atoms in total. The molecule has 0 saturated carbocycles. The molecule has 2 amide bonds. The molecule has 6 heteroatoms. The van der Waals surface area contributed by atoms with Crippen LogP contribution in [0.4, 0.5) is 0 Å². The third-order valence-corrected chi connectivity index (χ3v) is 5.30. The molecule has 0 radical (unpaired) electrons. The van der Waals surface area contributed by atoms with Crippen LogP contribution in [0.5, 0.6) is 0 Å². The van der Waals surface area contributed by atoms with Crippen molar-refractivity contribution in [2.45, 2.75) is 6.42 Å². The zero-order valence-corrected chi connectivity index (χ0v) is 13.5. The second-order valence-electron chi connectivity index (χ2n) is 6.70. The lowest BCUT2D eigenvalue weighted by Crippen LogP contribution is -2.42. The van der Waals surface area contributed by atoms with E-state index < -0.39 is 0 Å². The molecule has 1 aromatic carbocycles. The summed E-state index contributed by atoms with van der Waals surface area (Å²) < 4.78 is 0. The summed E-state index contributed by atoms with van der Waals surface area (Å²) in [4.78, 5) is 43.4. The highest BCUT2D eigenvalue weighted by Crippen LogP contribution is 2.32. The van der Waals surface area contributed by atoms with Crippen LogP contribution in [-0.4, -0.2) is 53.3 Å². The number of piperidine rings is 1. The highest BCUT2D eigenvalue weighted by atomic mass is 16.2. The van der Waals surface area contributed by atoms with Gasteiger partial charge in [-0.15, -0.1) is 0 Å². The van der Waals surface area contributed by atoms with Crippen LogP contribution in [0.15, 0.2) is 35.3 Å². The van der Waals surface area contributed by atoms with Crippen molar-refractivity contribution in [1.82, 2.24) is 14.8 Å². The summed E-state index contributed by atoms with van der Waals surface area (Å²) in [6, 6.07) is 7.11. The minimum atomic E-state index is -0.200. The number of carbonyl (C=O) groups is 2. The molecule has 1 aromatic heterocycles. The monoisotopic (exact) mass is 325 g/mol. The Bertz CT molecular complexity index is 888. The smallest absolute Gasteiger partial charge is 0.256 e. The van der Waals surface area contributed by atoms with Crippen molar-refractivity contribution < 1.29 is 9.59 Å². The van der Waals surface area contributed by atoms with E-state index in [4.69, 9.17) is 0 Å². The van der Waals surface area contributed by atoms with E-state index in [0.717, 1.165) is 13.0 Å². The molecule has 2 aliphatic rings. The maximum absolute atomic E-state index is 13.0. The molecule has 3 heterocycles. The van der Waals surface area contributed by atoms with Crippen molar-refractivity contribution >= 4 is 22.6 Å². The minimum Gasteiger partial charge on any atom is -0.345 e. The van der Waals surface area contributed by atoms with Gasteiger partial charge in [-0.1, -0.05) is 18.2 Å². The summed E-state index contributed by atoms with van der Waals surface area (Å²) >= 11 is 0. The number of benzene rings is 1. The number of likely N-dealkylation sites (tertiary alicyclic amines) is 2. The zero-order chi connectivity index (χ0) is 16.8. The van der Waals surface area contributed by atoms with Crippen LogP contribution in [0.1, 0.15) is 16.8 Å². The van der Waals surface area contributed by atoms with E-state index in [1.54, 1.807) is 28.0 Å². The van der Waals surface area contributed by atoms with Crippen molar-refractivity contribution in [2.24, 2.45) is 11.8 Å². The van der Waals surface area contributed by atoms with Gasteiger partial charge in [0.1, 0.15) is 0 Å². The first-order valence-electron chi connectivity index (χ1n) is 8.21. The number of carbonyl (C=O) groups excluding carboxylic acids is 2. The summed E-state index contributed by atoms with van der Waals surface area (Å²) in [5.74, 6) is 0.161. The molecular formula is C18H19N3O3. The fraction of sp³-hybridized carbons (Fsp3) is 0.389. The lowest BCUT2D eigenvalue weighted by atomic mass is 9.88. The summed E-state index contributed by atoms with van der Waals surface area (Å²) in [5.41, 5.74) is 0.290. The molecule has 2 atom stereocenters. The van der Waals surface area contributed by atoms with Gasteiger partial charge in [0.25, 0.3) is 11.5 Å². The van der Waals surface area contributed by atoms with E-state index in [0.29, 0.717) is 29.4 Å². The molecule has 0 spiro atoms. The predicted molar refractivity (Wildman–Crippen MR) is 89.7 cm³/mol. The fourth-order valence-electron chi connectivity index (χ4n) is 3.92. The van der Waals surface area contributed by atoms with Crippen molar-refractivity contribution in [2.75, 3.05) is 26.7 Å². The molecule has 2 unspecified atom stereocenters. The highest BCUT2D eigenvalue weighted by molar-refractivity contribution is 6.06. The Morgan fingerprint density at radius 1 is 1.17 bits per heavy atom. The molecule has 0 aliphatic carbocycles. The third-order valence-electron chi connectivity index (χ3n) is 5.30. The Labute approximate surface area is 139 Å². The lowest BCUT2D eigenvalue weighted by Gasteiger charge is -2.30. The van der Waals surface area contributed by atoms with E-state index in [9.17, 15) is 14.4 Å². The predicted octanol–water partition coefficient (Wildman–Crippen LogP) is 1.08. The van der Waals surface area contributed by atoms with Gasteiger partial charge in [0, 0.05) is 43.7 Å². The second-order valence-corrected chi connectivity index (χ2v) is 6.70. The third kappa shape index (κ3) is 2.21. The van der Waals surface area contributed by atoms with Gasteiger partial charge in [-0.25, -0.2) is 0 Å². The van der Waals surface area contributed by atoms with Gasteiger partial charge in [0.15, 0.2) is 0 Å². The Hall–Kier alpha value is -2.63. The average molecular weight is 325 g/mol. The molecule has 4 rings (SSSR count).